The lowest BCUT2D eigenvalue weighted by Crippen LogP contribution is -2.06. The molecule has 0 aliphatic rings. The molecule has 0 saturated heterocycles. The average Bonchev–Trinajstić information content (AvgIpc) is 2.31. The van der Waals surface area contributed by atoms with Gasteiger partial charge in [-0.1, -0.05) is 22.0 Å². The van der Waals surface area contributed by atoms with Gasteiger partial charge in [0.05, 0.1) is 17.5 Å². The van der Waals surface area contributed by atoms with Crippen molar-refractivity contribution in [1.29, 1.82) is 0 Å². The van der Waals surface area contributed by atoms with Crippen LogP contribution in [0.2, 0.25) is 0 Å². The number of alkyl halides is 1. The van der Waals surface area contributed by atoms with Crippen LogP contribution in [0.15, 0.2) is 18.2 Å². The number of carbonyl (C=O) groups is 2. The number of hydrogen-bond donors (Lipinski definition) is 1. The van der Waals surface area contributed by atoms with Gasteiger partial charge in [0, 0.05) is 12.0 Å². The number of phenols is 1. The van der Waals surface area contributed by atoms with Crippen LogP contribution in [0.3, 0.4) is 0 Å². The van der Waals surface area contributed by atoms with Crippen LogP contribution >= 0.6 is 15.9 Å². The molecule has 92 valence electrons. The number of rotatable bonds is 5. The molecule has 0 unspecified atom stereocenters. The third-order valence-corrected chi connectivity index (χ3v) is 2.76. The van der Waals surface area contributed by atoms with Crippen LogP contribution in [0, 0.1) is 0 Å². The molecule has 0 amide bonds. The summed E-state index contributed by atoms with van der Waals surface area (Å²) in [5, 5.41) is 9.92. The summed E-state index contributed by atoms with van der Waals surface area (Å²) in [6, 6.07) is 4.41. The van der Waals surface area contributed by atoms with Gasteiger partial charge < -0.3 is 9.84 Å². The Kier molecular flexibility index (Phi) is 5.15. The minimum atomic E-state index is -0.485. The Labute approximate surface area is 108 Å². The van der Waals surface area contributed by atoms with Gasteiger partial charge >= 0.3 is 5.97 Å². The summed E-state index contributed by atoms with van der Waals surface area (Å²) in [6.07, 6.45) is 0.139. The molecule has 1 rings (SSSR count). The van der Waals surface area contributed by atoms with Crippen molar-refractivity contribution in [3.05, 3.63) is 29.3 Å². The third-order valence-electron chi connectivity index (χ3n) is 2.13. The molecule has 0 heterocycles. The first-order valence-electron chi connectivity index (χ1n) is 5.15. The fraction of sp³-hybridized carbons (Fsp3) is 0.333. The van der Waals surface area contributed by atoms with E-state index in [0.29, 0.717) is 5.56 Å². The van der Waals surface area contributed by atoms with E-state index in [1.54, 1.807) is 13.0 Å². The zero-order valence-electron chi connectivity index (χ0n) is 9.40. The van der Waals surface area contributed by atoms with Crippen LogP contribution in [0.4, 0.5) is 0 Å². The lowest BCUT2D eigenvalue weighted by Gasteiger charge is -2.06. The first-order valence-corrected chi connectivity index (χ1v) is 6.27. The fourth-order valence-electron chi connectivity index (χ4n) is 1.31. The maximum atomic E-state index is 11.4. The highest BCUT2D eigenvalue weighted by Gasteiger charge is 2.11. The molecule has 0 saturated carbocycles. The van der Waals surface area contributed by atoms with E-state index in [9.17, 15) is 14.7 Å². The number of ketones is 1. The molecule has 0 bridgehead atoms. The van der Waals surface area contributed by atoms with Crippen molar-refractivity contribution in [2.45, 2.75) is 13.3 Å². The second kappa shape index (κ2) is 6.39. The molecule has 17 heavy (non-hydrogen) atoms. The number of esters is 1. The maximum absolute atomic E-state index is 11.4. The number of benzene rings is 1. The minimum absolute atomic E-state index is 0.0378. The summed E-state index contributed by atoms with van der Waals surface area (Å²) in [7, 11) is 0. The van der Waals surface area contributed by atoms with Gasteiger partial charge in [-0.05, 0) is 19.1 Å². The average molecular weight is 301 g/mol. The summed E-state index contributed by atoms with van der Waals surface area (Å²) in [6.45, 7) is 1.99. The van der Waals surface area contributed by atoms with E-state index in [0.717, 1.165) is 0 Å². The second-order valence-electron chi connectivity index (χ2n) is 3.41. The number of carbonyl (C=O) groups excluding carboxylic acids is 2. The molecule has 0 aromatic heterocycles. The Morgan fingerprint density at radius 2 is 2.12 bits per heavy atom. The molecule has 1 aromatic carbocycles. The van der Waals surface area contributed by atoms with Crippen molar-refractivity contribution in [1.82, 2.24) is 0 Å². The van der Waals surface area contributed by atoms with E-state index >= 15 is 0 Å². The molecule has 0 aliphatic carbocycles. The Hall–Kier alpha value is -1.36. The summed E-state index contributed by atoms with van der Waals surface area (Å²) < 4.78 is 4.80. The summed E-state index contributed by atoms with van der Waals surface area (Å²) in [4.78, 5) is 22.6. The first-order chi connectivity index (χ1) is 8.08. The van der Waals surface area contributed by atoms with Crippen molar-refractivity contribution < 1.29 is 19.4 Å². The normalized spacial score (nSPS) is 10.0. The SMILES string of the molecule is CCOC(=O)c1ccc(CC(=O)CBr)c(O)c1. The van der Waals surface area contributed by atoms with Gasteiger partial charge in [-0.25, -0.2) is 4.79 Å². The van der Waals surface area contributed by atoms with Crippen LogP contribution in [0.5, 0.6) is 5.75 Å². The van der Waals surface area contributed by atoms with Crippen molar-refractivity contribution in [2.24, 2.45) is 0 Å². The predicted octanol–water partition coefficient (Wildman–Crippen LogP) is 2.08. The highest BCUT2D eigenvalue weighted by atomic mass is 79.9. The Morgan fingerprint density at radius 1 is 1.41 bits per heavy atom. The highest BCUT2D eigenvalue weighted by Crippen LogP contribution is 2.20. The largest absolute Gasteiger partial charge is 0.508 e. The van der Waals surface area contributed by atoms with E-state index in [1.165, 1.54) is 12.1 Å². The topological polar surface area (TPSA) is 63.6 Å². The van der Waals surface area contributed by atoms with Crippen LogP contribution in [0.1, 0.15) is 22.8 Å². The maximum Gasteiger partial charge on any atom is 0.338 e. The third kappa shape index (κ3) is 3.85. The summed E-state index contributed by atoms with van der Waals surface area (Å²) in [5.74, 6) is -0.588. The number of Topliss-reactive ketones (excluding diaryl/α,β-unsaturated/α-hetero) is 1. The van der Waals surface area contributed by atoms with Crippen molar-refractivity contribution in [3.63, 3.8) is 0 Å². The molecular weight excluding hydrogens is 288 g/mol. The molecule has 1 aromatic rings. The first kappa shape index (κ1) is 13.7. The molecule has 4 nitrogen and oxygen atoms in total. The van der Waals surface area contributed by atoms with Gasteiger partial charge in [0.2, 0.25) is 0 Å². The Bertz CT molecular complexity index is 429. The van der Waals surface area contributed by atoms with Crippen molar-refractivity contribution in [3.8, 4) is 5.75 Å². The zero-order valence-corrected chi connectivity index (χ0v) is 11.0. The zero-order chi connectivity index (χ0) is 12.8. The molecule has 0 fully saturated rings. The molecule has 0 spiro atoms. The number of aromatic hydroxyl groups is 1. The number of halogens is 1. The van der Waals surface area contributed by atoms with Crippen molar-refractivity contribution >= 4 is 27.7 Å². The molecule has 5 heteroatoms. The Balaban J connectivity index is 2.86. The monoisotopic (exact) mass is 300 g/mol. The van der Waals surface area contributed by atoms with E-state index < -0.39 is 5.97 Å². The summed E-state index contributed by atoms with van der Waals surface area (Å²) >= 11 is 3.05. The number of phenolic OH excluding ortho intramolecular Hbond substituents is 1. The smallest absolute Gasteiger partial charge is 0.338 e. The van der Waals surface area contributed by atoms with E-state index in [-0.39, 0.29) is 35.5 Å². The standard InChI is InChI=1S/C12H13BrO4/c1-2-17-12(16)9-4-3-8(11(15)6-9)5-10(14)7-13/h3-4,6,15H,2,5,7H2,1H3. The van der Waals surface area contributed by atoms with Gasteiger partial charge in [0.15, 0.2) is 0 Å². The second-order valence-corrected chi connectivity index (χ2v) is 3.97. The Morgan fingerprint density at radius 3 is 2.65 bits per heavy atom. The van der Waals surface area contributed by atoms with Gasteiger partial charge in [-0.2, -0.15) is 0 Å². The van der Waals surface area contributed by atoms with Crippen LogP contribution in [-0.2, 0) is 16.0 Å². The molecule has 0 aliphatic heterocycles. The minimum Gasteiger partial charge on any atom is -0.508 e. The van der Waals surface area contributed by atoms with E-state index in [4.69, 9.17) is 4.74 Å². The van der Waals surface area contributed by atoms with Crippen LogP contribution in [-0.4, -0.2) is 28.8 Å². The number of ether oxygens (including phenoxy) is 1. The predicted molar refractivity (Wildman–Crippen MR) is 66.6 cm³/mol. The lowest BCUT2D eigenvalue weighted by atomic mass is 10.1. The van der Waals surface area contributed by atoms with Gasteiger partial charge in [-0.15, -0.1) is 0 Å². The number of hydrogen-bond acceptors (Lipinski definition) is 4. The van der Waals surface area contributed by atoms with E-state index in [2.05, 4.69) is 15.9 Å². The van der Waals surface area contributed by atoms with E-state index in [1.807, 2.05) is 0 Å². The van der Waals surface area contributed by atoms with Gasteiger partial charge in [0.25, 0.3) is 0 Å². The van der Waals surface area contributed by atoms with Gasteiger partial charge in [-0.3, -0.25) is 4.79 Å². The van der Waals surface area contributed by atoms with Gasteiger partial charge in [0.1, 0.15) is 11.5 Å². The fourth-order valence-corrected chi connectivity index (χ4v) is 1.51. The molecule has 0 radical (unpaired) electrons. The van der Waals surface area contributed by atoms with Crippen LogP contribution < -0.4 is 0 Å². The molecule has 1 N–H and O–H groups in total. The van der Waals surface area contributed by atoms with Crippen LogP contribution in [0.25, 0.3) is 0 Å². The summed E-state index contributed by atoms with van der Waals surface area (Å²) in [5.41, 5.74) is 0.780. The quantitative estimate of drug-likeness (QED) is 0.668. The van der Waals surface area contributed by atoms with Crippen molar-refractivity contribution in [2.75, 3.05) is 11.9 Å². The molecular formula is C12H13BrO4. The highest BCUT2D eigenvalue weighted by molar-refractivity contribution is 9.09. The lowest BCUT2D eigenvalue weighted by molar-refractivity contribution is -0.115. The molecule has 0 atom stereocenters.